The Morgan fingerprint density at radius 3 is 2.54 bits per heavy atom. The predicted octanol–water partition coefficient (Wildman–Crippen LogP) is 4.89. The molecule has 0 bridgehead atoms. The molecule has 0 radical (unpaired) electrons. The molecular weight excluding hydrogens is 324 g/mol. The van der Waals surface area contributed by atoms with Crippen molar-refractivity contribution in [3.63, 3.8) is 0 Å². The highest BCUT2D eigenvalue weighted by molar-refractivity contribution is 5.89. The zero-order valence-corrected chi connectivity index (χ0v) is 15.9. The standard InChI is InChI=1S/C22H24N2O2/c1-14-8-6-7-9-17(14)20-15(2)26-22(13-23-20)21(3,4)18-12-16(25-5)10-11-19(18)24-22/h6-13,24H,1-5H3. The molecule has 2 aromatic rings. The Morgan fingerprint density at radius 1 is 1.08 bits per heavy atom. The van der Waals surface area contributed by atoms with E-state index in [9.17, 15) is 0 Å². The van der Waals surface area contributed by atoms with E-state index in [1.54, 1.807) is 7.11 Å². The van der Waals surface area contributed by atoms with Gasteiger partial charge >= 0.3 is 0 Å². The van der Waals surface area contributed by atoms with Gasteiger partial charge in [-0.05, 0) is 57.0 Å². The van der Waals surface area contributed by atoms with Gasteiger partial charge in [0, 0.05) is 11.3 Å². The topological polar surface area (TPSA) is 42.9 Å². The second kappa shape index (κ2) is 5.63. The van der Waals surface area contributed by atoms with E-state index >= 15 is 0 Å². The van der Waals surface area contributed by atoms with Crippen molar-refractivity contribution in [3.8, 4) is 5.75 Å². The maximum Gasteiger partial charge on any atom is 0.226 e. The third-order valence-corrected chi connectivity index (χ3v) is 5.57. The molecule has 134 valence electrons. The smallest absolute Gasteiger partial charge is 0.226 e. The van der Waals surface area contributed by atoms with Crippen molar-refractivity contribution >= 4 is 17.6 Å². The summed E-state index contributed by atoms with van der Waals surface area (Å²) in [6.45, 7) is 8.42. The molecule has 0 fully saturated rings. The number of hydrogen-bond donors (Lipinski definition) is 1. The van der Waals surface area contributed by atoms with E-state index in [1.807, 2.05) is 37.4 Å². The van der Waals surface area contributed by atoms with Crippen LogP contribution in [0.15, 0.2) is 53.2 Å². The van der Waals surface area contributed by atoms with E-state index in [4.69, 9.17) is 14.5 Å². The van der Waals surface area contributed by atoms with E-state index in [2.05, 4.69) is 44.3 Å². The summed E-state index contributed by atoms with van der Waals surface area (Å²) in [5, 5.41) is 3.55. The summed E-state index contributed by atoms with van der Waals surface area (Å²) in [5.74, 6) is 1.67. The van der Waals surface area contributed by atoms with Crippen LogP contribution in [0.1, 0.15) is 37.5 Å². The number of benzene rings is 2. The summed E-state index contributed by atoms with van der Waals surface area (Å²) >= 11 is 0. The monoisotopic (exact) mass is 348 g/mol. The van der Waals surface area contributed by atoms with E-state index in [0.29, 0.717) is 0 Å². The molecule has 0 saturated carbocycles. The zero-order chi connectivity index (χ0) is 18.5. The van der Waals surface area contributed by atoms with Gasteiger partial charge in [0.05, 0.1) is 18.7 Å². The number of rotatable bonds is 2. The lowest BCUT2D eigenvalue weighted by Crippen LogP contribution is -2.53. The molecule has 26 heavy (non-hydrogen) atoms. The maximum atomic E-state index is 6.51. The van der Waals surface area contributed by atoms with Gasteiger partial charge in [-0.15, -0.1) is 0 Å². The number of fused-ring (bicyclic) bond motifs is 1. The van der Waals surface area contributed by atoms with Crippen molar-refractivity contribution in [2.75, 3.05) is 12.4 Å². The van der Waals surface area contributed by atoms with Crippen LogP contribution in [0.5, 0.6) is 5.75 Å². The highest BCUT2D eigenvalue weighted by Crippen LogP contribution is 2.50. The zero-order valence-electron chi connectivity index (χ0n) is 15.9. The fourth-order valence-electron chi connectivity index (χ4n) is 3.84. The largest absolute Gasteiger partial charge is 0.497 e. The van der Waals surface area contributed by atoms with Crippen molar-refractivity contribution in [2.45, 2.75) is 38.8 Å². The van der Waals surface area contributed by atoms with Crippen LogP contribution in [0, 0.1) is 6.92 Å². The normalized spacial score (nSPS) is 22.8. The molecule has 1 spiro atoms. The highest BCUT2D eigenvalue weighted by atomic mass is 16.5. The average molecular weight is 348 g/mol. The van der Waals surface area contributed by atoms with E-state index in [1.165, 1.54) is 5.56 Å². The fourth-order valence-corrected chi connectivity index (χ4v) is 3.84. The van der Waals surface area contributed by atoms with Crippen LogP contribution in [0.25, 0.3) is 5.70 Å². The predicted molar refractivity (Wildman–Crippen MR) is 106 cm³/mol. The van der Waals surface area contributed by atoms with Gasteiger partial charge in [0.15, 0.2) is 0 Å². The van der Waals surface area contributed by atoms with E-state index < -0.39 is 5.72 Å². The number of nitrogens with one attached hydrogen (secondary N) is 1. The van der Waals surface area contributed by atoms with Crippen LogP contribution in [-0.4, -0.2) is 19.0 Å². The summed E-state index contributed by atoms with van der Waals surface area (Å²) < 4.78 is 11.9. The first-order valence-corrected chi connectivity index (χ1v) is 8.86. The molecule has 4 nitrogen and oxygen atoms in total. The molecule has 2 aliphatic heterocycles. The molecule has 4 heteroatoms. The first kappa shape index (κ1) is 16.7. The molecule has 0 aliphatic carbocycles. The minimum absolute atomic E-state index is 0.307. The van der Waals surface area contributed by atoms with Crippen molar-refractivity contribution in [1.29, 1.82) is 0 Å². The number of aliphatic imine (C=N–C) groups is 1. The van der Waals surface area contributed by atoms with Gasteiger partial charge in [-0.25, -0.2) is 0 Å². The Hall–Kier alpha value is -2.75. The van der Waals surface area contributed by atoms with Crippen LogP contribution in [-0.2, 0) is 10.2 Å². The number of methoxy groups -OCH3 is 1. The molecule has 2 aliphatic rings. The SMILES string of the molecule is COc1ccc2c(c1)C(C)(C)C1(C=NC(c3ccccc3C)=C(C)O1)N2. The Balaban J connectivity index is 1.75. The lowest BCUT2D eigenvalue weighted by molar-refractivity contribution is 0.0394. The van der Waals surface area contributed by atoms with Crippen LogP contribution in [0.2, 0.25) is 0 Å². The van der Waals surface area contributed by atoms with Gasteiger partial charge in [0.2, 0.25) is 5.72 Å². The Morgan fingerprint density at radius 2 is 1.85 bits per heavy atom. The first-order chi connectivity index (χ1) is 12.4. The highest BCUT2D eigenvalue weighted by Gasteiger charge is 2.55. The lowest BCUT2D eigenvalue weighted by atomic mass is 9.77. The second-order valence-corrected chi connectivity index (χ2v) is 7.48. The van der Waals surface area contributed by atoms with E-state index in [-0.39, 0.29) is 5.41 Å². The number of aryl methyl sites for hydroxylation is 1. The quantitative estimate of drug-likeness (QED) is 0.840. The van der Waals surface area contributed by atoms with Crippen LogP contribution in [0.4, 0.5) is 5.69 Å². The second-order valence-electron chi connectivity index (χ2n) is 7.48. The molecule has 1 atom stereocenters. The maximum absolute atomic E-state index is 6.51. The number of ether oxygens (including phenoxy) is 2. The van der Waals surface area contributed by atoms with Crippen LogP contribution >= 0.6 is 0 Å². The average Bonchev–Trinajstić information content (AvgIpc) is 2.82. The third kappa shape index (κ3) is 2.25. The summed E-state index contributed by atoms with van der Waals surface area (Å²) in [5.41, 5.74) is 4.37. The molecule has 4 rings (SSSR count). The summed E-state index contributed by atoms with van der Waals surface area (Å²) in [4.78, 5) is 4.83. The van der Waals surface area contributed by atoms with Crippen LogP contribution in [0.3, 0.4) is 0 Å². The van der Waals surface area contributed by atoms with Gasteiger partial charge in [-0.3, -0.25) is 4.99 Å². The molecule has 2 heterocycles. The fraction of sp³-hybridized carbons (Fsp3) is 0.318. The number of nitrogens with zero attached hydrogens (tertiary/aromatic N) is 1. The minimum Gasteiger partial charge on any atom is -0.497 e. The summed E-state index contributed by atoms with van der Waals surface area (Å²) in [6.07, 6.45) is 1.91. The molecular formula is C22H24N2O2. The van der Waals surface area contributed by atoms with Crippen molar-refractivity contribution < 1.29 is 9.47 Å². The molecule has 1 N–H and O–H groups in total. The van der Waals surface area contributed by atoms with Gasteiger partial charge < -0.3 is 14.8 Å². The Bertz CT molecular complexity index is 943. The lowest BCUT2D eigenvalue weighted by Gasteiger charge is -2.41. The molecule has 0 saturated heterocycles. The van der Waals surface area contributed by atoms with Crippen molar-refractivity contribution in [2.24, 2.45) is 4.99 Å². The minimum atomic E-state index is -0.710. The van der Waals surface area contributed by atoms with Crippen molar-refractivity contribution in [3.05, 3.63) is 64.9 Å². The number of anilines is 1. The van der Waals surface area contributed by atoms with Gasteiger partial charge in [0.1, 0.15) is 17.2 Å². The first-order valence-electron chi connectivity index (χ1n) is 8.86. The van der Waals surface area contributed by atoms with Crippen molar-refractivity contribution in [1.82, 2.24) is 0 Å². The van der Waals surface area contributed by atoms with Gasteiger partial charge in [0.25, 0.3) is 0 Å². The summed E-state index contributed by atoms with van der Waals surface area (Å²) in [6, 6.07) is 14.3. The molecule has 1 unspecified atom stereocenters. The summed E-state index contributed by atoms with van der Waals surface area (Å²) in [7, 11) is 1.69. The van der Waals surface area contributed by atoms with Crippen LogP contribution < -0.4 is 10.1 Å². The molecule has 0 amide bonds. The Labute approximate surface area is 154 Å². The number of allylic oxidation sites excluding steroid dienone is 1. The third-order valence-electron chi connectivity index (χ3n) is 5.57. The van der Waals surface area contributed by atoms with Gasteiger partial charge in [-0.1, -0.05) is 24.3 Å². The number of hydrogen-bond acceptors (Lipinski definition) is 4. The molecule has 2 aromatic carbocycles. The molecule has 0 aromatic heterocycles. The Kier molecular flexibility index (Phi) is 3.62. The van der Waals surface area contributed by atoms with E-state index in [0.717, 1.165) is 34.0 Å². The van der Waals surface area contributed by atoms with Gasteiger partial charge in [-0.2, -0.15) is 0 Å².